The lowest BCUT2D eigenvalue weighted by molar-refractivity contribution is -0.142. The van der Waals surface area contributed by atoms with Crippen LogP contribution < -0.4 is 0 Å². The van der Waals surface area contributed by atoms with E-state index in [9.17, 15) is 9.90 Å². The van der Waals surface area contributed by atoms with Gasteiger partial charge < -0.3 is 5.11 Å². The van der Waals surface area contributed by atoms with Crippen LogP contribution in [0, 0.1) is 11.8 Å². The summed E-state index contributed by atoms with van der Waals surface area (Å²) in [5.41, 5.74) is 0. The molecule has 1 N–H and O–H groups in total. The van der Waals surface area contributed by atoms with Gasteiger partial charge in [0, 0.05) is 6.54 Å². The zero-order valence-corrected chi connectivity index (χ0v) is 11.6. The number of rotatable bonds is 5. The van der Waals surface area contributed by atoms with Gasteiger partial charge in [0.05, 0.1) is 0 Å². The van der Waals surface area contributed by atoms with Crippen molar-refractivity contribution in [1.82, 2.24) is 4.90 Å². The molecule has 0 aromatic heterocycles. The summed E-state index contributed by atoms with van der Waals surface area (Å²) in [5.74, 6) is 0.921. The maximum atomic E-state index is 11.1. The predicted octanol–water partition coefficient (Wildman–Crippen LogP) is 3.14. The Kier molecular flexibility index (Phi) is 5.04. The largest absolute Gasteiger partial charge is 0.480 e. The van der Waals surface area contributed by atoms with Crippen molar-refractivity contribution in [1.29, 1.82) is 0 Å². The summed E-state index contributed by atoms with van der Waals surface area (Å²) in [4.78, 5) is 13.3. The second-order valence-corrected chi connectivity index (χ2v) is 6.34. The molecule has 0 bridgehead atoms. The normalized spacial score (nSPS) is 28.4. The molecule has 3 heteroatoms. The Bertz CT molecular complexity index is 274. The zero-order valence-electron chi connectivity index (χ0n) is 11.6. The van der Waals surface area contributed by atoms with E-state index in [1.165, 1.54) is 38.5 Å². The molecule has 0 spiro atoms. The fourth-order valence-corrected chi connectivity index (χ4v) is 3.79. The molecule has 1 saturated heterocycles. The first kappa shape index (κ1) is 13.9. The molecule has 3 nitrogen and oxygen atoms in total. The molecule has 2 atom stereocenters. The predicted molar refractivity (Wildman–Crippen MR) is 72.6 cm³/mol. The van der Waals surface area contributed by atoms with Gasteiger partial charge in [-0.05, 0) is 37.6 Å². The molecule has 1 aliphatic carbocycles. The highest BCUT2D eigenvalue weighted by Gasteiger charge is 2.31. The molecule has 2 aliphatic rings. The van der Waals surface area contributed by atoms with E-state index in [-0.39, 0.29) is 6.04 Å². The molecule has 104 valence electrons. The second kappa shape index (κ2) is 6.55. The third-order valence-electron chi connectivity index (χ3n) is 4.66. The Labute approximate surface area is 111 Å². The molecule has 2 rings (SSSR count). The Morgan fingerprint density at radius 3 is 2.61 bits per heavy atom. The van der Waals surface area contributed by atoms with Crippen LogP contribution in [-0.4, -0.2) is 35.1 Å². The third-order valence-corrected chi connectivity index (χ3v) is 4.66. The molecular formula is C15H27NO2. The van der Waals surface area contributed by atoms with Crippen LogP contribution in [0.1, 0.15) is 58.3 Å². The highest BCUT2D eigenvalue weighted by molar-refractivity contribution is 5.73. The SMILES string of the molecule is CC(CC1CCCCC1)CN1CCC[C@@H]1C(=O)O. The Balaban J connectivity index is 1.75. The van der Waals surface area contributed by atoms with Crippen LogP contribution in [0.15, 0.2) is 0 Å². The van der Waals surface area contributed by atoms with E-state index in [1.807, 2.05) is 0 Å². The van der Waals surface area contributed by atoms with E-state index in [1.54, 1.807) is 0 Å². The highest BCUT2D eigenvalue weighted by atomic mass is 16.4. The van der Waals surface area contributed by atoms with Gasteiger partial charge in [-0.1, -0.05) is 39.0 Å². The van der Waals surface area contributed by atoms with Crippen LogP contribution >= 0.6 is 0 Å². The first-order chi connectivity index (χ1) is 8.66. The molecular weight excluding hydrogens is 226 g/mol. The topological polar surface area (TPSA) is 40.5 Å². The molecule has 1 unspecified atom stereocenters. The fraction of sp³-hybridized carbons (Fsp3) is 0.933. The molecule has 1 aliphatic heterocycles. The van der Waals surface area contributed by atoms with Gasteiger partial charge in [-0.2, -0.15) is 0 Å². The van der Waals surface area contributed by atoms with E-state index in [0.717, 1.165) is 31.8 Å². The van der Waals surface area contributed by atoms with E-state index in [2.05, 4.69) is 11.8 Å². The van der Waals surface area contributed by atoms with Crippen molar-refractivity contribution in [3.63, 3.8) is 0 Å². The molecule has 0 aromatic rings. The summed E-state index contributed by atoms with van der Waals surface area (Å²) in [6.45, 7) is 4.26. The molecule has 2 fully saturated rings. The quantitative estimate of drug-likeness (QED) is 0.818. The molecule has 1 saturated carbocycles. The number of carbonyl (C=O) groups is 1. The van der Waals surface area contributed by atoms with Gasteiger partial charge >= 0.3 is 5.97 Å². The summed E-state index contributed by atoms with van der Waals surface area (Å²) < 4.78 is 0. The average Bonchev–Trinajstić information content (AvgIpc) is 2.78. The van der Waals surface area contributed by atoms with Gasteiger partial charge in [-0.15, -0.1) is 0 Å². The van der Waals surface area contributed by atoms with Gasteiger partial charge in [-0.25, -0.2) is 0 Å². The van der Waals surface area contributed by atoms with Gasteiger partial charge in [-0.3, -0.25) is 9.69 Å². The van der Waals surface area contributed by atoms with Gasteiger partial charge in [0.2, 0.25) is 0 Å². The highest BCUT2D eigenvalue weighted by Crippen LogP contribution is 2.30. The number of carboxylic acid groups (broad SMARTS) is 1. The second-order valence-electron chi connectivity index (χ2n) is 6.34. The van der Waals surface area contributed by atoms with Crippen LogP contribution in [0.25, 0.3) is 0 Å². The van der Waals surface area contributed by atoms with Crippen molar-refractivity contribution >= 4 is 5.97 Å². The van der Waals surface area contributed by atoms with Crippen molar-refractivity contribution in [3.05, 3.63) is 0 Å². The molecule has 0 amide bonds. The summed E-state index contributed by atoms with van der Waals surface area (Å²) in [7, 11) is 0. The summed E-state index contributed by atoms with van der Waals surface area (Å²) in [6, 6.07) is -0.209. The minimum absolute atomic E-state index is 0.209. The van der Waals surface area contributed by atoms with Crippen molar-refractivity contribution < 1.29 is 9.90 Å². The number of hydrogen-bond acceptors (Lipinski definition) is 2. The lowest BCUT2D eigenvalue weighted by Gasteiger charge is -2.29. The fourth-order valence-electron chi connectivity index (χ4n) is 3.79. The van der Waals surface area contributed by atoms with Gasteiger partial charge in [0.1, 0.15) is 6.04 Å². The molecule has 1 heterocycles. The number of aliphatic carboxylic acids is 1. The third kappa shape index (κ3) is 3.71. The number of nitrogens with zero attached hydrogens (tertiary/aromatic N) is 1. The van der Waals surface area contributed by atoms with Crippen LogP contribution in [-0.2, 0) is 4.79 Å². The van der Waals surface area contributed by atoms with Crippen molar-refractivity contribution in [3.8, 4) is 0 Å². The minimum Gasteiger partial charge on any atom is -0.480 e. The average molecular weight is 253 g/mol. The number of likely N-dealkylation sites (tertiary alicyclic amines) is 1. The van der Waals surface area contributed by atoms with Crippen LogP contribution in [0.5, 0.6) is 0 Å². The van der Waals surface area contributed by atoms with Gasteiger partial charge in [0.15, 0.2) is 0 Å². The lowest BCUT2D eigenvalue weighted by Crippen LogP contribution is -2.38. The Hall–Kier alpha value is -0.570. The van der Waals surface area contributed by atoms with Crippen LogP contribution in [0.4, 0.5) is 0 Å². The molecule has 0 aromatic carbocycles. The van der Waals surface area contributed by atoms with E-state index < -0.39 is 5.97 Å². The van der Waals surface area contributed by atoms with Crippen molar-refractivity contribution in [2.24, 2.45) is 11.8 Å². The summed E-state index contributed by atoms with van der Waals surface area (Å²) in [5, 5.41) is 9.18. The smallest absolute Gasteiger partial charge is 0.320 e. The number of carboxylic acids is 1. The van der Waals surface area contributed by atoms with E-state index >= 15 is 0 Å². The van der Waals surface area contributed by atoms with E-state index in [0.29, 0.717) is 5.92 Å². The summed E-state index contributed by atoms with van der Waals surface area (Å²) >= 11 is 0. The monoisotopic (exact) mass is 253 g/mol. The first-order valence-corrected chi connectivity index (χ1v) is 7.63. The minimum atomic E-state index is -0.627. The molecule has 18 heavy (non-hydrogen) atoms. The maximum Gasteiger partial charge on any atom is 0.320 e. The standard InChI is InChI=1S/C15H27NO2/c1-12(10-13-6-3-2-4-7-13)11-16-9-5-8-14(16)15(17)18/h12-14H,2-11H2,1H3,(H,17,18)/t12?,14-/m1/s1. The molecule has 0 radical (unpaired) electrons. The first-order valence-electron chi connectivity index (χ1n) is 7.63. The maximum absolute atomic E-state index is 11.1. The van der Waals surface area contributed by atoms with Crippen molar-refractivity contribution in [2.75, 3.05) is 13.1 Å². The zero-order chi connectivity index (χ0) is 13.0. The van der Waals surface area contributed by atoms with Gasteiger partial charge in [0.25, 0.3) is 0 Å². The van der Waals surface area contributed by atoms with Crippen LogP contribution in [0.3, 0.4) is 0 Å². The number of hydrogen-bond donors (Lipinski definition) is 1. The summed E-state index contributed by atoms with van der Waals surface area (Å²) in [6.07, 6.45) is 10.2. The Morgan fingerprint density at radius 2 is 1.94 bits per heavy atom. The lowest BCUT2D eigenvalue weighted by atomic mass is 9.83. The van der Waals surface area contributed by atoms with E-state index in [4.69, 9.17) is 0 Å². The Morgan fingerprint density at radius 1 is 1.22 bits per heavy atom. The van der Waals surface area contributed by atoms with Crippen LogP contribution in [0.2, 0.25) is 0 Å². The van der Waals surface area contributed by atoms with Crippen molar-refractivity contribution in [2.45, 2.75) is 64.3 Å².